The highest BCUT2D eigenvalue weighted by molar-refractivity contribution is 5.94. The van der Waals surface area contributed by atoms with Gasteiger partial charge in [0.1, 0.15) is 11.5 Å². The van der Waals surface area contributed by atoms with Crippen LogP contribution in [0.2, 0.25) is 0 Å². The van der Waals surface area contributed by atoms with E-state index >= 15 is 0 Å². The number of nitrogens with one attached hydrogen (secondary N) is 1. The number of benzene rings is 1. The molecule has 1 aromatic heterocycles. The third kappa shape index (κ3) is 3.61. The van der Waals surface area contributed by atoms with Crippen molar-refractivity contribution in [1.29, 1.82) is 0 Å². The average Bonchev–Trinajstić information content (AvgIpc) is 2.91. The van der Waals surface area contributed by atoms with Gasteiger partial charge in [-0.3, -0.25) is 4.79 Å². The molecule has 2 rings (SSSR count). The molecule has 0 radical (unpaired) electrons. The molecular weight excluding hydrogens is 242 g/mol. The maximum atomic E-state index is 12.0. The molecule has 4 heteroatoms. The van der Waals surface area contributed by atoms with E-state index in [9.17, 15) is 4.79 Å². The van der Waals surface area contributed by atoms with E-state index in [1.807, 2.05) is 19.1 Å². The van der Waals surface area contributed by atoms with Crippen molar-refractivity contribution in [3.05, 3.63) is 54.0 Å². The molecule has 1 unspecified atom stereocenters. The molecule has 1 N–H and O–H groups in total. The fourth-order valence-corrected chi connectivity index (χ4v) is 1.83. The lowest BCUT2D eigenvalue weighted by Gasteiger charge is -2.12. The fourth-order valence-electron chi connectivity index (χ4n) is 1.83. The van der Waals surface area contributed by atoms with E-state index in [0.29, 0.717) is 12.0 Å². The van der Waals surface area contributed by atoms with Gasteiger partial charge >= 0.3 is 0 Å². The van der Waals surface area contributed by atoms with E-state index in [4.69, 9.17) is 9.15 Å². The summed E-state index contributed by atoms with van der Waals surface area (Å²) >= 11 is 0. The Labute approximate surface area is 112 Å². The smallest absolute Gasteiger partial charge is 0.251 e. The molecule has 0 spiro atoms. The first kappa shape index (κ1) is 13.2. The molecule has 0 bridgehead atoms. The van der Waals surface area contributed by atoms with Gasteiger partial charge in [-0.25, -0.2) is 0 Å². The Bertz CT molecular complexity index is 517. The Kier molecular flexibility index (Phi) is 4.23. The number of rotatable bonds is 5. The van der Waals surface area contributed by atoms with Crippen molar-refractivity contribution in [2.75, 3.05) is 7.11 Å². The van der Waals surface area contributed by atoms with E-state index < -0.39 is 0 Å². The van der Waals surface area contributed by atoms with Crippen LogP contribution < -0.4 is 10.1 Å². The Morgan fingerprint density at radius 1 is 1.32 bits per heavy atom. The summed E-state index contributed by atoms with van der Waals surface area (Å²) in [6.07, 6.45) is 2.31. The monoisotopic (exact) mass is 259 g/mol. The molecule has 0 saturated heterocycles. The van der Waals surface area contributed by atoms with Gasteiger partial charge in [0.2, 0.25) is 0 Å². The first-order valence-corrected chi connectivity index (χ1v) is 6.16. The molecule has 0 saturated carbocycles. The lowest BCUT2D eigenvalue weighted by atomic mass is 10.1. The molecule has 100 valence electrons. The van der Waals surface area contributed by atoms with Gasteiger partial charge in [0.25, 0.3) is 5.91 Å². The summed E-state index contributed by atoms with van der Waals surface area (Å²) in [5, 5.41) is 2.93. The number of furan rings is 1. The van der Waals surface area contributed by atoms with Gasteiger partial charge in [0, 0.05) is 18.0 Å². The molecule has 1 aromatic carbocycles. The van der Waals surface area contributed by atoms with Crippen molar-refractivity contribution >= 4 is 5.91 Å². The van der Waals surface area contributed by atoms with Gasteiger partial charge in [0.15, 0.2) is 0 Å². The van der Waals surface area contributed by atoms with E-state index in [-0.39, 0.29) is 11.9 Å². The summed E-state index contributed by atoms with van der Waals surface area (Å²) in [7, 11) is 1.60. The predicted octanol–water partition coefficient (Wildman–Crippen LogP) is 2.65. The second-order valence-electron chi connectivity index (χ2n) is 4.39. The van der Waals surface area contributed by atoms with Gasteiger partial charge in [-0.05, 0) is 43.3 Å². The third-order valence-corrected chi connectivity index (χ3v) is 2.82. The predicted molar refractivity (Wildman–Crippen MR) is 72.3 cm³/mol. The molecule has 0 aliphatic carbocycles. The average molecular weight is 259 g/mol. The maximum Gasteiger partial charge on any atom is 0.251 e. The first-order chi connectivity index (χ1) is 9.19. The molecule has 1 heterocycles. The Balaban J connectivity index is 1.92. The number of amides is 1. The van der Waals surface area contributed by atoms with Gasteiger partial charge in [-0.15, -0.1) is 0 Å². The first-order valence-electron chi connectivity index (χ1n) is 6.16. The molecule has 4 nitrogen and oxygen atoms in total. The minimum atomic E-state index is -0.0956. The highest BCUT2D eigenvalue weighted by Crippen LogP contribution is 2.11. The summed E-state index contributed by atoms with van der Waals surface area (Å²) in [5.41, 5.74) is 0.618. The normalized spacial score (nSPS) is 11.9. The lowest BCUT2D eigenvalue weighted by molar-refractivity contribution is 0.0939. The van der Waals surface area contributed by atoms with Crippen LogP contribution in [0, 0.1) is 0 Å². The summed E-state index contributed by atoms with van der Waals surface area (Å²) < 4.78 is 10.3. The quantitative estimate of drug-likeness (QED) is 0.898. The Hall–Kier alpha value is -2.23. The summed E-state index contributed by atoms with van der Waals surface area (Å²) in [6, 6.07) is 10.8. The van der Waals surface area contributed by atoms with Crippen molar-refractivity contribution in [1.82, 2.24) is 5.32 Å². The van der Waals surface area contributed by atoms with Crippen molar-refractivity contribution < 1.29 is 13.9 Å². The van der Waals surface area contributed by atoms with Crippen LogP contribution in [0.1, 0.15) is 23.0 Å². The zero-order chi connectivity index (χ0) is 13.7. The standard InChI is InChI=1S/C15H17NO3/c1-11(10-14-4-3-9-19-14)16-15(17)12-5-7-13(18-2)8-6-12/h3-9,11H,10H2,1-2H3,(H,16,17). The number of methoxy groups -OCH3 is 1. The van der Waals surface area contributed by atoms with Gasteiger partial charge < -0.3 is 14.5 Å². The van der Waals surface area contributed by atoms with Crippen LogP contribution in [-0.2, 0) is 6.42 Å². The number of hydrogen-bond acceptors (Lipinski definition) is 3. The van der Waals surface area contributed by atoms with Crippen molar-refractivity contribution in [3.63, 3.8) is 0 Å². The number of carbonyl (C=O) groups is 1. The summed E-state index contributed by atoms with van der Waals surface area (Å²) in [4.78, 5) is 12.0. The molecule has 0 aliphatic heterocycles. The number of carbonyl (C=O) groups excluding carboxylic acids is 1. The van der Waals surface area contributed by atoms with Gasteiger partial charge in [0.05, 0.1) is 13.4 Å². The number of hydrogen-bond donors (Lipinski definition) is 1. The van der Waals surface area contributed by atoms with Crippen LogP contribution >= 0.6 is 0 Å². The van der Waals surface area contributed by atoms with Crippen molar-refractivity contribution in [3.8, 4) is 5.75 Å². The molecule has 1 atom stereocenters. The summed E-state index contributed by atoms with van der Waals surface area (Å²) in [6.45, 7) is 1.95. The van der Waals surface area contributed by atoms with Crippen molar-refractivity contribution in [2.24, 2.45) is 0 Å². The van der Waals surface area contributed by atoms with Crippen LogP contribution in [0.3, 0.4) is 0 Å². The Morgan fingerprint density at radius 2 is 2.05 bits per heavy atom. The molecule has 19 heavy (non-hydrogen) atoms. The lowest BCUT2D eigenvalue weighted by Crippen LogP contribution is -2.33. The van der Waals surface area contributed by atoms with Gasteiger partial charge in [-0.2, -0.15) is 0 Å². The highest BCUT2D eigenvalue weighted by atomic mass is 16.5. The zero-order valence-electron chi connectivity index (χ0n) is 11.1. The van der Waals surface area contributed by atoms with E-state index in [1.165, 1.54) is 0 Å². The Morgan fingerprint density at radius 3 is 2.63 bits per heavy atom. The minimum absolute atomic E-state index is 0.0146. The molecule has 2 aromatic rings. The van der Waals surface area contributed by atoms with E-state index in [2.05, 4.69) is 5.32 Å². The highest BCUT2D eigenvalue weighted by Gasteiger charge is 2.11. The minimum Gasteiger partial charge on any atom is -0.497 e. The van der Waals surface area contributed by atoms with E-state index in [0.717, 1.165) is 11.5 Å². The maximum absolute atomic E-state index is 12.0. The van der Waals surface area contributed by atoms with Crippen LogP contribution in [0.15, 0.2) is 47.1 Å². The van der Waals surface area contributed by atoms with Crippen molar-refractivity contribution in [2.45, 2.75) is 19.4 Å². The van der Waals surface area contributed by atoms with Crippen LogP contribution in [0.4, 0.5) is 0 Å². The second-order valence-corrected chi connectivity index (χ2v) is 4.39. The summed E-state index contributed by atoms with van der Waals surface area (Å²) in [5.74, 6) is 1.50. The van der Waals surface area contributed by atoms with Gasteiger partial charge in [-0.1, -0.05) is 0 Å². The molecule has 0 fully saturated rings. The second kappa shape index (κ2) is 6.09. The third-order valence-electron chi connectivity index (χ3n) is 2.82. The molecule has 0 aliphatic rings. The number of ether oxygens (including phenoxy) is 1. The van der Waals surface area contributed by atoms with E-state index in [1.54, 1.807) is 37.6 Å². The SMILES string of the molecule is COc1ccc(C(=O)NC(C)Cc2ccco2)cc1. The van der Waals surface area contributed by atoms with Crippen LogP contribution in [0.5, 0.6) is 5.75 Å². The van der Waals surface area contributed by atoms with Crippen LogP contribution in [0.25, 0.3) is 0 Å². The topological polar surface area (TPSA) is 51.5 Å². The fraction of sp³-hybridized carbons (Fsp3) is 0.267. The largest absolute Gasteiger partial charge is 0.497 e. The van der Waals surface area contributed by atoms with Crippen LogP contribution in [-0.4, -0.2) is 19.1 Å². The molecule has 1 amide bonds. The zero-order valence-corrected chi connectivity index (χ0v) is 11.1. The molecular formula is C15H17NO3.